The third-order valence-electron chi connectivity index (χ3n) is 3.63. The number of hydrogen-bond donors (Lipinski definition) is 1. The second-order valence-corrected chi connectivity index (χ2v) is 5.56. The Balaban J connectivity index is 1.98. The van der Waals surface area contributed by atoms with E-state index in [0.717, 1.165) is 23.7 Å². The number of nitrogen functional groups attached to an aromatic ring is 1. The fraction of sp³-hybridized carbons (Fsp3) is 0.333. The number of aryl methyl sites for hydroxylation is 3. The van der Waals surface area contributed by atoms with Crippen LogP contribution in [0.5, 0.6) is 5.75 Å². The Hall–Kier alpha value is -2.16. The number of para-hydroxylation sites is 2. The first-order chi connectivity index (χ1) is 9.99. The molecule has 0 spiro atoms. The number of ether oxygens (including phenoxy) is 1. The molecule has 112 valence electrons. The Morgan fingerprint density at radius 3 is 2.29 bits per heavy atom. The van der Waals surface area contributed by atoms with Gasteiger partial charge in [0.15, 0.2) is 0 Å². The number of likely N-dealkylation sites (N-methyl/N-ethyl adjacent to an activating group) is 1. The molecule has 0 aliphatic rings. The van der Waals surface area contributed by atoms with Crippen molar-refractivity contribution < 1.29 is 4.74 Å². The molecule has 0 saturated carbocycles. The Morgan fingerprint density at radius 2 is 1.67 bits per heavy atom. The first kappa shape index (κ1) is 15.2. The van der Waals surface area contributed by atoms with Gasteiger partial charge in [-0.25, -0.2) is 0 Å². The van der Waals surface area contributed by atoms with Crippen molar-refractivity contribution in [1.29, 1.82) is 0 Å². The van der Waals surface area contributed by atoms with Crippen LogP contribution in [-0.2, 0) is 0 Å². The lowest BCUT2D eigenvalue weighted by atomic mass is 10.1. The Morgan fingerprint density at radius 1 is 1.05 bits per heavy atom. The highest BCUT2D eigenvalue weighted by Gasteiger charge is 2.07. The Bertz CT molecular complexity index is 599. The van der Waals surface area contributed by atoms with Crippen LogP contribution in [0.15, 0.2) is 36.4 Å². The number of benzene rings is 2. The summed E-state index contributed by atoms with van der Waals surface area (Å²) in [5, 5.41) is 0. The summed E-state index contributed by atoms with van der Waals surface area (Å²) in [7, 11) is 2.03. The van der Waals surface area contributed by atoms with E-state index < -0.39 is 0 Å². The first-order valence-electron chi connectivity index (χ1n) is 7.25. The molecule has 0 atom stereocenters. The smallest absolute Gasteiger partial charge is 0.125 e. The van der Waals surface area contributed by atoms with Gasteiger partial charge >= 0.3 is 0 Å². The van der Waals surface area contributed by atoms with Crippen molar-refractivity contribution in [2.24, 2.45) is 0 Å². The van der Waals surface area contributed by atoms with E-state index in [-0.39, 0.29) is 0 Å². The maximum atomic E-state index is 5.99. The number of rotatable bonds is 5. The van der Waals surface area contributed by atoms with Crippen LogP contribution in [0.25, 0.3) is 0 Å². The molecule has 21 heavy (non-hydrogen) atoms. The van der Waals surface area contributed by atoms with Crippen LogP contribution in [-0.4, -0.2) is 20.2 Å². The van der Waals surface area contributed by atoms with E-state index in [1.54, 1.807) is 0 Å². The number of anilines is 2. The third-order valence-corrected chi connectivity index (χ3v) is 3.63. The van der Waals surface area contributed by atoms with E-state index in [2.05, 4.69) is 37.8 Å². The highest BCUT2D eigenvalue weighted by Crippen LogP contribution is 2.25. The highest BCUT2D eigenvalue weighted by molar-refractivity contribution is 5.66. The van der Waals surface area contributed by atoms with E-state index in [9.17, 15) is 0 Å². The number of nitrogens with two attached hydrogens (primary N) is 1. The first-order valence-corrected chi connectivity index (χ1v) is 7.25. The van der Waals surface area contributed by atoms with Crippen LogP contribution in [0.2, 0.25) is 0 Å². The molecule has 2 N–H and O–H groups in total. The van der Waals surface area contributed by atoms with Crippen LogP contribution in [0.4, 0.5) is 11.4 Å². The molecule has 0 aliphatic heterocycles. The summed E-state index contributed by atoms with van der Waals surface area (Å²) in [4.78, 5) is 2.12. The molecule has 0 aromatic heterocycles. The molecule has 2 rings (SSSR count). The standard InChI is InChI=1S/C18H24N2O/c1-13-11-14(2)18(15(3)12-13)21-10-9-20(4)17-8-6-5-7-16(17)19/h5-8,11-12H,9-10,19H2,1-4H3. The molecule has 3 nitrogen and oxygen atoms in total. The predicted octanol–water partition coefficient (Wildman–Crippen LogP) is 3.71. The molecule has 0 fully saturated rings. The lowest BCUT2D eigenvalue weighted by Crippen LogP contribution is -2.24. The van der Waals surface area contributed by atoms with Crippen molar-refractivity contribution in [2.75, 3.05) is 30.8 Å². The molecular formula is C18H24N2O. The lowest BCUT2D eigenvalue weighted by Gasteiger charge is -2.22. The average Bonchev–Trinajstić information content (AvgIpc) is 2.42. The minimum Gasteiger partial charge on any atom is -0.491 e. The van der Waals surface area contributed by atoms with E-state index in [0.29, 0.717) is 6.61 Å². The zero-order valence-corrected chi connectivity index (χ0v) is 13.3. The minimum atomic E-state index is 0.634. The fourth-order valence-electron chi connectivity index (χ4n) is 2.63. The molecule has 0 radical (unpaired) electrons. The van der Waals surface area contributed by atoms with Crippen molar-refractivity contribution in [2.45, 2.75) is 20.8 Å². The molecule has 3 heteroatoms. The van der Waals surface area contributed by atoms with Gasteiger partial charge in [-0.15, -0.1) is 0 Å². The molecular weight excluding hydrogens is 260 g/mol. The summed E-state index contributed by atoms with van der Waals surface area (Å²) in [6.07, 6.45) is 0. The second kappa shape index (κ2) is 6.53. The zero-order valence-electron chi connectivity index (χ0n) is 13.3. The van der Waals surface area contributed by atoms with Crippen LogP contribution < -0.4 is 15.4 Å². The second-order valence-electron chi connectivity index (χ2n) is 5.56. The topological polar surface area (TPSA) is 38.5 Å². The van der Waals surface area contributed by atoms with Crippen molar-refractivity contribution in [3.8, 4) is 5.75 Å². The van der Waals surface area contributed by atoms with Gasteiger partial charge < -0.3 is 15.4 Å². The normalized spacial score (nSPS) is 10.5. The van der Waals surface area contributed by atoms with Crippen LogP contribution in [0.1, 0.15) is 16.7 Å². The van der Waals surface area contributed by atoms with Crippen LogP contribution >= 0.6 is 0 Å². The summed E-state index contributed by atoms with van der Waals surface area (Å²) in [6, 6.07) is 12.2. The average molecular weight is 284 g/mol. The van der Waals surface area contributed by atoms with Gasteiger partial charge in [0.25, 0.3) is 0 Å². The van der Waals surface area contributed by atoms with Gasteiger partial charge in [0, 0.05) is 7.05 Å². The van der Waals surface area contributed by atoms with E-state index in [1.807, 2.05) is 31.3 Å². The fourth-order valence-corrected chi connectivity index (χ4v) is 2.63. The predicted molar refractivity (Wildman–Crippen MR) is 90.3 cm³/mol. The van der Waals surface area contributed by atoms with E-state index in [4.69, 9.17) is 10.5 Å². The summed E-state index contributed by atoms with van der Waals surface area (Å²) in [5.74, 6) is 0.995. The largest absolute Gasteiger partial charge is 0.491 e. The summed E-state index contributed by atoms with van der Waals surface area (Å²) in [5.41, 5.74) is 11.5. The van der Waals surface area contributed by atoms with E-state index >= 15 is 0 Å². The maximum Gasteiger partial charge on any atom is 0.125 e. The van der Waals surface area contributed by atoms with E-state index in [1.165, 1.54) is 16.7 Å². The molecule has 2 aromatic carbocycles. The quantitative estimate of drug-likeness (QED) is 0.851. The van der Waals surface area contributed by atoms with Gasteiger partial charge in [-0.1, -0.05) is 29.8 Å². The van der Waals surface area contributed by atoms with Crippen molar-refractivity contribution in [3.05, 3.63) is 53.1 Å². The van der Waals surface area contributed by atoms with Gasteiger partial charge in [-0.3, -0.25) is 0 Å². The molecule has 0 heterocycles. The summed E-state index contributed by atoms with van der Waals surface area (Å²) in [6.45, 7) is 7.72. The molecule has 2 aromatic rings. The van der Waals surface area contributed by atoms with Crippen LogP contribution in [0, 0.1) is 20.8 Å². The monoisotopic (exact) mass is 284 g/mol. The zero-order chi connectivity index (χ0) is 15.4. The van der Waals surface area contributed by atoms with Crippen molar-refractivity contribution >= 4 is 11.4 Å². The molecule has 0 amide bonds. The van der Waals surface area contributed by atoms with Gasteiger partial charge in [0.1, 0.15) is 12.4 Å². The minimum absolute atomic E-state index is 0.634. The van der Waals surface area contributed by atoms with Gasteiger partial charge in [-0.05, 0) is 44.0 Å². The lowest BCUT2D eigenvalue weighted by molar-refractivity contribution is 0.321. The van der Waals surface area contributed by atoms with Gasteiger partial charge in [0.2, 0.25) is 0 Å². The van der Waals surface area contributed by atoms with Crippen LogP contribution in [0.3, 0.4) is 0 Å². The summed E-state index contributed by atoms with van der Waals surface area (Å²) < 4.78 is 5.97. The number of hydrogen-bond acceptors (Lipinski definition) is 3. The molecule has 0 aliphatic carbocycles. The molecule has 0 unspecified atom stereocenters. The van der Waals surface area contributed by atoms with Crippen molar-refractivity contribution in [1.82, 2.24) is 0 Å². The Kier molecular flexibility index (Phi) is 4.73. The maximum absolute atomic E-state index is 5.99. The molecule has 0 bridgehead atoms. The Labute approximate surface area is 127 Å². The third kappa shape index (κ3) is 3.69. The molecule has 0 saturated heterocycles. The SMILES string of the molecule is Cc1cc(C)c(OCCN(C)c2ccccc2N)c(C)c1. The highest BCUT2D eigenvalue weighted by atomic mass is 16.5. The summed E-state index contributed by atoms with van der Waals surface area (Å²) >= 11 is 0. The van der Waals surface area contributed by atoms with Crippen molar-refractivity contribution in [3.63, 3.8) is 0 Å². The number of nitrogens with zero attached hydrogens (tertiary/aromatic N) is 1. The van der Waals surface area contributed by atoms with Gasteiger partial charge in [0.05, 0.1) is 17.9 Å². The van der Waals surface area contributed by atoms with Gasteiger partial charge in [-0.2, -0.15) is 0 Å².